The summed E-state index contributed by atoms with van der Waals surface area (Å²) in [5.74, 6) is 0.116. The molecule has 0 spiro atoms. The lowest BCUT2D eigenvalue weighted by atomic mass is 9.81. The van der Waals surface area contributed by atoms with Gasteiger partial charge < -0.3 is 15.4 Å². The average molecular weight is 355 g/mol. The highest BCUT2D eigenvalue weighted by molar-refractivity contribution is 9.10. The first-order valence-electron chi connectivity index (χ1n) is 7.41. The van der Waals surface area contributed by atoms with Crippen LogP contribution in [-0.4, -0.2) is 26.1 Å². The van der Waals surface area contributed by atoms with Crippen molar-refractivity contribution in [2.75, 3.05) is 25.5 Å². The summed E-state index contributed by atoms with van der Waals surface area (Å²) in [6.45, 7) is 4.27. The molecule has 1 fully saturated rings. The van der Waals surface area contributed by atoms with Crippen molar-refractivity contribution in [2.45, 2.75) is 32.8 Å². The smallest absolute Gasteiger partial charge is 0.231 e. The Morgan fingerprint density at radius 2 is 2.33 bits per heavy atom. The molecule has 1 unspecified atom stereocenters. The van der Waals surface area contributed by atoms with Crippen LogP contribution in [0.3, 0.4) is 0 Å². The Morgan fingerprint density at radius 3 is 2.95 bits per heavy atom. The second kappa shape index (κ2) is 7.38. The number of hydrogen-bond donors (Lipinski definition) is 2. The normalized spacial score (nSPS) is 21.5. The summed E-state index contributed by atoms with van der Waals surface area (Å²) in [5.41, 5.74) is 1.53. The molecule has 0 aromatic heterocycles. The van der Waals surface area contributed by atoms with E-state index in [1.807, 2.05) is 18.2 Å². The molecule has 0 radical (unpaired) electrons. The highest BCUT2D eigenvalue weighted by Gasteiger charge is 2.40. The number of rotatable bonds is 6. The number of benzene rings is 1. The number of nitrogens with one attached hydrogen (secondary N) is 2. The SMILES string of the molecule is CCCC1(C(=O)Nc2cccc(Br)c2COC)CCNC1. The predicted octanol–water partition coefficient (Wildman–Crippen LogP) is 3.31. The van der Waals surface area contributed by atoms with Gasteiger partial charge in [0.1, 0.15) is 0 Å². The summed E-state index contributed by atoms with van der Waals surface area (Å²) in [6.07, 6.45) is 2.83. The third-order valence-electron chi connectivity index (χ3n) is 4.11. The second-order valence-electron chi connectivity index (χ2n) is 5.61. The first kappa shape index (κ1) is 16.5. The molecule has 2 N–H and O–H groups in total. The van der Waals surface area contributed by atoms with E-state index in [-0.39, 0.29) is 11.3 Å². The molecule has 2 rings (SSSR count). The summed E-state index contributed by atoms with van der Waals surface area (Å²) in [5, 5.41) is 6.44. The minimum Gasteiger partial charge on any atom is -0.380 e. The highest BCUT2D eigenvalue weighted by atomic mass is 79.9. The maximum atomic E-state index is 12.8. The molecule has 1 aliphatic rings. The van der Waals surface area contributed by atoms with Gasteiger partial charge in [0.2, 0.25) is 5.91 Å². The van der Waals surface area contributed by atoms with Crippen molar-refractivity contribution < 1.29 is 9.53 Å². The van der Waals surface area contributed by atoms with Crippen LogP contribution in [0.2, 0.25) is 0 Å². The van der Waals surface area contributed by atoms with Crippen LogP contribution in [0.25, 0.3) is 0 Å². The number of halogens is 1. The van der Waals surface area contributed by atoms with Crippen molar-refractivity contribution in [3.8, 4) is 0 Å². The van der Waals surface area contributed by atoms with E-state index in [1.165, 1.54) is 0 Å². The zero-order valence-electron chi connectivity index (χ0n) is 12.7. The van der Waals surface area contributed by atoms with E-state index in [2.05, 4.69) is 33.5 Å². The van der Waals surface area contributed by atoms with E-state index >= 15 is 0 Å². The van der Waals surface area contributed by atoms with Gasteiger partial charge in [0.15, 0.2) is 0 Å². The summed E-state index contributed by atoms with van der Waals surface area (Å²) < 4.78 is 6.19. The Morgan fingerprint density at radius 1 is 1.52 bits per heavy atom. The van der Waals surface area contributed by atoms with Crippen molar-refractivity contribution in [3.63, 3.8) is 0 Å². The minimum atomic E-state index is -0.276. The predicted molar refractivity (Wildman–Crippen MR) is 88.3 cm³/mol. The van der Waals surface area contributed by atoms with Gasteiger partial charge in [-0.05, 0) is 31.5 Å². The maximum Gasteiger partial charge on any atom is 0.231 e. The van der Waals surface area contributed by atoms with Crippen LogP contribution in [0.1, 0.15) is 31.7 Å². The molecule has 1 aromatic carbocycles. The van der Waals surface area contributed by atoms with Crippen molar-refractivity contribution in [1.82, 2.24) is 5.32 Å². The first-order valence-corrected chi connectivity index (χ1v) is 8.21. The molecule has 1 aliphatic heterocycles. The number of carbonyl (C=O) groups excluding carboxylic acids is 1. The van der Waals surface area contributed by atoms with E-state index in [4.69, 9.17) is 4.74 Å². The average Bonchev–Trinajstić information content (AvgIpc) is 2.93. The van der Waals surface area contributed by atoms with E-state index in [0.717, 1.165) is 48.1 Å². The van der Waals surface area contributed by atoms with Crippen LogP contribution in [0.5, 0.6) is 0 Å². The third-order valence-corrected chi connectivity index (χ3v) is 4.85. The van der Waals surface area contributed by atoms with Crippen molar-refractivity contribution in [1.29, 1.82) is 0 Å². The zero-order chi connectivity index (χ0) is 15.3. The molecular weight excluding hydrogens is 332 g/mol. The van der Waals surface area contributed by atoms with Gasteiger partial charge in [0.25, 0.3) is 0 Å². The number of ether oxygens (including phenoxy) is 1. The molecule has 1 atom stereocenters. The van der Waals surface area contributed by atoms with Gasteiger partial charge in [0.05, 0.1) is 12.0 Å². The number of amides is 1. The van der Waals surface area contributed by atoms with Gasteiger partial charge in [-0.2, -0.15) is 0 Å². The topological polar surface area (TPSA) is 50.4 Å². The molecule has 4 nitrogen and oxygen atoms in total. The summed E-state index contributed by atoms with van der Waals surface area (Å²) in [7, 11) is 1.66. The quantitative estimate of drug-likeness (QED) is 0.823. The summed E-state index contributed by atoms with van der Waals surface area (Å²) >= 11 is 3.52. The van der Waals surface area contributed by atoms with E-state index in [0.29, 0.717) is 6.61 Å². The van der Waals surface area contributed by atoms with Gasteiger partial charge in [-0.25, -0.2) is 0 Å². The lowest BCUT2D eigenvalue weighted by molar-refractivity contribution is -0.125. The summed E-state index contributed by atoms with van der Waals surface area (Å²) in [6, 6.07) is 5.82. The number of methoxy groups -OCH3 is 1. The number of hydrogen-bond acceptors (Lipinski definition) is 3. The molecule has 21 heavy (non-hydrogen) atoms. The third kappa shape index (κ3) is 3.65. The summed E-state index contributed by atoms with van der Waals surface area (Å²) in [4.78, 5) is 12.8. The molecule has 5 heteroatoms. The number of carbonyl (C=O) groups is 1. The van der Waals surface area contributed by atoms with Crippen LogP contribution < -0.4 is 10.6 Å². The standard InChI is InChI=1S/C16H23BrN2O2/c1-3-7-16(8-9-18-11-16)15(20)19-14-6-4-5-13(17)12(14)10-21-2/h4-6,18H,3,7-11H2,1-2H3,(H,19,20). The zero-order valence-corrected chi connectivity index (χ0v) is 14.3. The van der Waals surface area contributed by atoms with Crippen LogP contribution in [-0.2, 0) is 16.1 Å². The molecule has 1 saturated heterocycles. The van der Waals surface area contributed by atoms with E-state index in [1.54, 1.807) is 7.11 Å². The second-order valence-corrected chi connectivity index (χ2v) is 6.46. The molecular formula is C16H23BrN2O2. The molecule has 1 heterocycles. The van der Waals surface area contributed by atoms with Crippen LogP contribution in [0.15, 0.2) is 22.7 Å². The fraction of sp³-hybridized carbons (Fsp3) is 0.562. The fourth-order valence-corrected chi connectivity index (χ4v) is 3.45. The lowest BCUT2D eigenvalue weighted by Crippen LogP contribution is -2.38. The van der Waals surface area contributed by atoms with E-state index in [9.17, 15) is 4.79 Å². The van der Waals surface area contributed by atoms with Crippen molar-refractivity contribution in [3.05, 3.63) is 28.2 Å². The van der Waals surface area contributed by atoms with Crippen LogP contribution in [0, 0.1) is 5.41 Å². The highest BCUT2D eigenvalue weighted by Crippen LogP contribution is 2.34. The molecule has 0 aliphatic carbocycles. The monoisotopic (exact) mass is 354 g/mol. The van der Waals surface area contributed by atoms with Gasteiger partial charge >= 0.3 is 0 Å². The van der Waals surface area contributed by atoms with Gasteiger partial charge in [-0.3, -0.25) is 4.79 Å². The fourth-order valence-electron chi connectivity index (χ4n) is 2.96. The van der Waals surface area contributed by atoms with Gasteiger partial charge in [-0.15, -0.1) is 0 Å². The molecule has 1 amide bonds. The lowest BCUT2D eigenvalue weighted by Gasteiger charge is -2.27. The molecule has 1 aromatic rings. The molecule has 0 saturated carbocycles. The van der Waals surface area contributed by atoms with Gasteiger partial charge in [0, 0.05) is 29.4 Å². The van der Waals surface area contributed by atoms with E-state index < -0.39 is 0 Å². The minimum absolute atomic E-state index is 0.116. The van der Waals surface area contributed by atoms with Crippen LogP contribution >= 0.6 is 15.9 Å². The van der Waals surface area contributed by atoms with Gasteiger partial charge in [-0.1, -0.05) is 35.3 Å². The molecule has 116 valence electrons. The largest absolute Gasteiger partial charge is 0.380 e. The molecule has 0 bridgehead atoms. The Bertz CT molecular complexity index is 499. The Balaban J connectivity index is 2.20. The first-order chi connectivity index (χ1) is 10.1. The Labute approximate surface area is 134 Å². The van der Waals surface area contributed by atoms with Crippen LogP contribution in [0.4, 0.5) is 5.69 Å². The number of anilines is 1. The Hall–Kier alpha value is -0.910. The maximum absolute atomic E-state index is 12.8. The van der Waals surface area contributed by atoms with Crippen molar-refractivity contribution in [2.24, 2.45) is 5.41 Å². The Kier molecular flexibility index (Phi) is 5.79. The van der Waals surface area contributed by atoms with Crippen molar-refractivity contribution >= 4 is 27.5 Å².